The number of hydrogen-bond donors (Lipinski definition) is 4. The van der Waals surface area contributed by atoms with E-state index in [9.17, 15) is 20.1 Å². The molecule has 2 aliphatic rings. The highest BCUT2D eigenvalue weighted by Crippen LogP contribution is 2.53. The summed E-state index contributed by atoms with van der Waals surface area (Å²) in [5, 5.41) is 31.6. The predicted octanol–water partition coefficient (Wildman–Crippen LogP) is 3.71. The van der Waals surface area contributed by atoms with E-state index in [0.29, 0.717) is 23.1 Å². The number of hydrogen-bond acceptors (Lipinski definition) is 6. The van der Waals surface area contributed by atoms with Gasteiger partial charge in [-0.1, -0.05) is 50.3 Å². The standard InChI is InChI=1S/C26H29NO5/c1-14-9-10-18-16(13-17-19(28)11-12-20(29)21(17)26(18,2)3)24(14)32-25(31)23(30)22(27)15-7-5-4-6-8-15/h4-9,11-13,18,22-24,28-30H,10,27H2,1-3H3/t18-,22+,23-,24?/m1/s1. The molecule has 2 aromatic carbocycles. The minimum Gasteiger partial charge on any atom is -0.508 e. The van der Waals surface area contributed by atoms with Gasteiger partial charge in [-0.2, -0.15) is 0 Å². The first kappa shape index (κ1) is 22.1. The number of esters is 1. The summed E-state index contributed by atoms with van der Waals surface area (Å²) in [6, 6.07) is 11.0. The van der Waals surface area contributed by atoms with Crippen molar-refractivity contribution >= 4 is 12.0 Å². The van der Waals surface area contributed by atoms with Gasteiger partial charge in [0.1, 0.15) is 17.6 Å². The normalized spacial score (nSPS) is 23.2. The van der Waals surface area contributed by atoms with E-state index in [1.807, 2.05) is 32.9 Å². The molecule has 0 saturated heterocycles. The van der Waals surface area contributed by atoms with E-state index < -0.39 is 29.6 Å². The van der Waals surface area contributed by atoms with Gasteiger partial charge in [-0.3, -0.25) is 0 Å². The third-order valence-electron chi connectivity index (χ3n) is 6.82. The SMILES string of the molecule is CC1=CC[C@@H]2C(=Cc3c(O)ccc(O)c3C2(C)C)C1OC(=O)[C@H](O)[C@@H](N)c1ccccc1. The average Bonchev–Trinajstić information content (AvgIpc) is 2.77. The van der Waals surface area contributed by atoms with Crippen LogP contribution in [0, 0.1) is 5.92 Å². The fourth-order valence-corrected chi connectivity index (χ4v) is 4.99. The fourth-order valence-electron chi connectivity index (χ4n) is 4.99. The lowest BCUT2D eigenvalue weighted by atomic mass is 9.60. The second kappa shape index (κ2) is 8.11. The molecule has 0 spiro atoms. The zero-order valence-electron chi connectivity index (χ0n) is 18.4. The van der Waals surface area contributed by atoms with Crippen molar-refractivity contribution in [3.8, 4) is 11.5 Å². The lowest BCUT2D eigenvalue weighted by molar-refractivity contribution is -0.157. The molecule has 0 aliphatic heterocycles. The Hall–Kier alpha value is -3.09. The quantitative estimate of drug-likeness (QED) is 0.331. The van der Waals surface area contributed by atoms with Gasteiger partial charge < -0.3 is 25.8 Å². The molecule has 32 heavy (non-hydrogen) atoms. The van der Waals surface area contributed by atoms with Crippen LogP contribution in [0.3, 0.4) is 0 Å². The number of phenols is 2. The summed E-state index contributed by atoms with van der Waals surface area (Å²) in [4.78, 5) is 12.9. The maximum atomic E-state index is 12.9. The van der Waals surface area contributed by atoms with Crippen LogP contribution in [-0.4, -0.2) is 33.5 Å². The molecule has 168 valence electrons. The molecule has 0 aromatic heterocycles. The lowest BCUT2D eigenvalue weighted by Crippen LogP contribution is -2.43. The summed E-state index contributed by atoms with van der Waals surface area (Å²) in [5.41, 5.74) is 9.12. The summed E-state index contributed by atoms with van der Waals surface area (Å²) in [5.74, 6) is -0.670. The van der Waals surface area contributed by atoms with Gasteiger partial charge in [0.2, 0.25) is 0 Å². The van der Waals surface area contributed by atoms with Crippen LogP contribution >= 0.6 is 0 Å². The van der Waals surface area contributed by atoms with Crippen LogP contribution in [0.5, 0.6) is 11.5 Å². The van der Waals surface area contributed by atoms with Crippen molar-refractivity contribution in [3.05, 3.63) is 76.4 Å². The van der Waals surface area contributed by atoms with Gasteiger partial charge in [-0.15, -0.1) is 0 Å². The first-order chi connectivity index (χ1) is 15.1. The summed E-state index contributed by atoms with van der Waals surface area (Å²) in [6.07, 6.45) is 2.33. The number of rotatable bonds is 4. The lowest BCUT2D eigenvalue weighted by Gasteiger charge is -2.45. The highest BCUT2D eigenvalue weighted by Gasteiger charge is 2.46. The smallest absolute Gasteiger partial charge is 0.337 e. The van der Waals surface area contributed by atoms with Crippen LogP contribution < -0.4 is 5.73 Å². The van der Waals surface area contributed by atoms with E-state index in [2.05, 4.69) is 0 Å². The number of aromatic hydroxyl groups is 2. The predicted molar refractivity (Wildman–Crippen MR) is 122 cm³/mol. The molecule has 1 unspecified atom stereocenters. The number of benzene rings is 2. The molecule has 4 atom stereocenters. The van der Waals surface area contributed by atoms with E-state index >= 15 is 0 Å². The van der Waals surface area contributed by atoms with E-state index in [1.54, 1.807) is 30.3 Å². The molecule has 0 amide bonds. The van der Waals surface area contributed by atoms with Gasteiger partial charge in [0.15, 0.2) is 6.10 Å². The molecular weight excluding hydrogens is 406 g/mol. The van der Waals surface area contributed by atoms with E-state index in [4.69, 9.17) is 10.5 Å². The zero-order chi connectivity index (χ0) is 23.2. The van der Waals surface area contributed by atoms with Crippen LogP contribution in [-0.2, 0) is 14.9 Å². The summed E-state index contributed by atoms with van der Waals surface area (Å²) in [7, 11) is 0. The number of carbonyl (C=O) groups excluding carboxylic acids is 1. The number of fused-ring (bicyclic) bond motifs is 2. The number of phenolic OH excluding ortho intramolecular Hbond substituents is 2. The maximum absolute atomic E-state index is 12.9. The molecule has 5 N–H and O–H groups in total. The first-order valence-electron chi connectivity index (χ1n) is 10.8. The molecule has 4 rings (SSSR count). The van der Waals surface area contributed by atoms with Crippen molar-refractivity contribution in [1.82, 2.24) is 0 Å². The summed E-state index contributed by atoms with van der Waals surface area (Å²) < 4.78 is 5.81. The zero-order valence-corrected chi connectivity index (χ0v) is 18.4. The molecule has 0 saturated carbocycles. The minimum absolute atomic E-state index is 0.0517. The first-order valence-corrected chi connectivity index (χ1v) is 10.8. The number of allylic oxidation sites excluding steroid dienone is 1. The van der Waals surface area contributed by atoms with E-state index in [1.165, 1.54) is 12.1 Å². The Balaban J connectivity index is 1.68. The highest BCUT2D eigenvalue weighted by molar-refractivity contribution is 5.78. The van der Waals surface area contributed by atoms with Crippen molar-refractivity contribution in [2.45, 2.75) is 50.9 Å². The number of carbonyl (C=O) groups is 1. The van der Waals surface area contributed by atoms with Crippen molar-refractivity contribution < 1.29 is 24.9 Å². The van der Waals surface area contributed by atoms with Crippen molar-refractivity contribution in [3.63, 3.8) is 0 Å². The topological polar surface area (TPSA) is 113 Å². The monoisotopic (exact) mass is 435 g/mol. The maximum Gasteiger partial charge on any atom is 0.337 e. The molecule has 0 fully saturated rings. The number of ether oxygens (including phenoxy) is 1. The van der Waals surface area contributed by atoms with Crippen LogP contribution in [0.15, 0.2) is 59.7 Å². The van der Waals surface area contributed by atoms with E-state index in [-0.39, 0.29) is 17.4 Å². The Labute approximate surface area is 187 Å². The second-order valence-corrected chi connectivity index (χ2v) is 9.19. The van der Waals surface area contributed by atoms with Gasteiger partial charge >= 0.3 is 5.97 Å². The molecule has 2 aromatic rings. The van der Waals surface area contributed by atoms with Gasteiger partial charge in [-0.05, 0) is 54.2 Å². The molecule has 0 heterocycles. The highest BCUT2D eigenvalue weighted by atomic mass is 16.6. The van der Waals surface area contributed by atoms with Gasteiger partial charge in [0, 0.05) is 16.5 Å². The van der Waals surface area contributed by atoms with Crippen LogP contribution in [0.1, 0.15) is 49.9 Å². The molecule has 6 heteroatoms. The summed E-state index contributed by atoms with van der Waals surface area (Å²) in [6.45, 7) is 5.90. The Morgan fingerprint density at radius 1 is 1.12 bits per heavy atom. The Morgan fingerprint density at radius 2 is 1.78 bits per heavy atom. The number of aliphatic hydroxyl groups is 1. The molecule has 6 nitrogen and oxygen atoms in total. The molecule has 0 radical (unpaired) electrons. The van der Waals surface area contributed by atoms with Crippen LogP contribution in [0.25, 0.3) is 6.08 Å². The third-order valence-corrected chi connectivity index (χ3v) is 6.82. The average molecular weight is 436 g/mol. The third kappa shape index (κ3) is 3.59. The Kier molecular flexibility index (Phi) is 5.61. The number of nitrogens with two attached hydrogens (primary N) is 1. The Morgan fingerprint density at radius 3 is 2.47 bits per heavy atom. The minimum atomic E-state index is -1.52. The fraction of sp³-hybridized carbons (Fsp3) is 0.346. The van der Waals surface area contributed by atoms with Crippen molar-refractivity contribution in [2.24, 2.45) is 11.7 Å². The van der Waals surface area contributed by atoms with Crippen molar-refractivity contribution in [2.75, 3.05) is 0 Å². The molecular formula is C26H29NO5. The van der Waals surface area contributed by atoms with Crippen LogP contribution in [0.4, 0.5) is 0 Å². The Bertz CT molecular complexity index is 1100. The van der Waals surface area contributed by atoms with Crippen LogP contribution in [0.2, 0.25) is 0 Å². The molecule has 0 bridgehead atoms. The van der Waals surface area contributed by atoms with Gasteiger partial charge in [0.05, 0.1) is 6.04 Å². The largest absolute Gasteiger partial charge is 0.508 e. The van der Waals surface area contributed by atoms with E-state index in [0.717, 1.165) is 11.1 Å². The van der Waals surface area contributed by atoms with Gasteiger partial charge in [0.25, 0.3) is 0 Å². The van der Waals surface area contributed by atoms with Gasteiger partial charge in [-0.25, -0.2) is 4.79 Å². The second-order valence-electron chi connectivity index (χ2n) is 9.19. The molecule has 2 aliphatic carbocycles. The summed E-state index contributed by atoms with van der Waals surface area (Å²) >= 11 is 0. The van der Waals surface area contributed by atoms with Crippen molar-refractivity contribution in [1.29, 1.82) is 0 Å². The number of aliphatic hydroxyl groups excluding tert-OH is 1.